The van der Waals surface area contributed by atoms with Gasteiger partial charge in [-0.25, -0.2) is 14.5 Å². The number of fused-ring (bicyclic) bond motifs is 2. The fraction of sp³-hybridized carbons (Fsp3) is 0.172. The SMILES string of the molecule is CN1CCN(c2cc(-c3cnc4[nH]cc(-c5ccn6ncc(-c7cccnc7)c6c5)c4c3)ccn2)CC1. The molecule has 6 aromatic heterocycles. The van der Waals surface area contributed by atoms with E-state index in [1.165, 1.54) is 0 Å². The van der Waals surface area contributed by atoms with Gasteiger partial charge in [0.1, 0.15) is 11.5 Å². The lowest BCUT2D eigenvalue weighted by Crippen LogP contribution is -2.44. The van der Waals surface area contributed by atoms with Gasteiger partial charge < -0.3 is 14.8 Å². The highest BCUT2D eigenvalue weighted by molar-refractivity contribution is 5.97. The molecule has 37 heavy (non-hydrogen) atoms. The number of hydrogen-bond acceptors (Lipinski definition) is 6. The first-order valence-corrected chi connectivity index (χ1v) is 12.5. The smallest absolute Gasteiger partial charge is 0.137 e. The van der Waals surface area contributed by atoms with Crippen LogP contribution in [0, 0.1) is 0 Å². The van der Waals surface area contributed by atoms with Crippen molar-refractivity contribution < 1.29 is 0 Å². The first kappa shape index (κ1) is 21.7. The Labute approximate surface area is 214 Å². The normalized spacial score (nSPS) is 14.6. The molecule has 0 spiro atoms. The fourth-order valence-electron chi connectivity index (χ4n) is 5.10. The van der Waals surface area contributed by atoms with Crippen LogP contribution in [0.4, 0.5) is 5.82 Å². The van der Waals surface area contributed by atoms with Crippen molar-refractivity contribution in [3.05, 3.63) is 85.8 Å². The fourth-order valence-corrected chi connectivity index (χ4v) is 5.10. The highest BCUT2D eigenvalue weighted by Gasteiger charge is 2.17. The third-order valence-electron chi connectivity index (χ3n) is 7.24. The molecule has 7 heterocycles. The van der Waals surface area contributed by atoms with Crippen molar-refractivity contribution in [1.82, 2.24) is 34.4 Å². The van der Waals surface area contributed by atoms with E-state index in [9.17, 15) is 0 Å². The van der Waals surface area contributed by atoms with Crippen molar-refractivity contribution in [3.63, 3.8) is 0 Å². The molecule has 6 aromatic rings. The topological polar surface area (TPSA) is 78.2 Å². The minimum atomic E-state index is 0.868. The number of anilines is 1. The Balaban J connectivity index is 1.28. The quantitative estimate of drug-likeness (QED) is 0.387. The van der Waals surface area contributed by atoms with Crippen LogP contribution in [0.3, 0.4) is 0 Å². The number of aromatic nitrogens is 6. The summed E-state index contributed by atoms with van der Waals surface area (Å²) in [6.45, 7) is 4.08. The minimum absolute atomic E-state index is 0.868. The molecule has 1 aliphatic rings. The van der Waals surface area contributed by atoms with Crippen LogP contribution in [0.2, 0.25) is 0 Å². The Bertz CT molecular complexity index is 1710. The number of hydrogen-bond donors (Lipinski definition) is 1. The van der Waals surface area contributed by atoms with E-state index < -0.39 is 0 Å². The van der Waals surface area contributed by atoms with Crippen molar-refractivity contribution in [3.8, 4) is 33.4 Å². The van der Waals surface area contributed by atoms with Crippen LogP contribution in [-0.2, 0) is 0 Å². The predicted octanol–water partition coefficient (Wildman–Crippen LogP) is 4.75. The molecule has 0 saturated carbocycles. The number of rotatable bonds is 4. The second kappa shape index (κ2) is 8.83. The lowest BCUT2D eigenvalue weighted by atomic mass is 10.0. The van der Waals surface area contributed by atoms with Gasteiger partial charge in [0.15, 0.2) is 0 Å². The molecule has 1 aliphatic heterocycles. The van der Waals surface area contributed by atoms with Crippen LogP contribution in [0.25, 0.3) is 49.9 Å². The van der Waals surface area contributed by atoms with Crippen LogP contribution in [0.5, 0.6) is 0 Å². The molecule has 1 saturated heterocycles. The molecule has 1 N–H and O–H groups in total. The first-order valence-electron chi connectivity index (χ1n) is 12.5. The molecule has 0 bridgehead atoms. The molecule has 0 atom stereocenters. The molecule has 0 unspecified atom stereocenters. The summed E-state index contributed by atoms with van der Waals surface area (Å²) < 4.78 is 1.90. The molecule has 7 rings (SSSR count). The van der Waals surface area contributed by atoms with Crippen LogP contribution in [-0.4, -0.2) is 67.7 Å². The summed E-state index contributed by atoms with van der Waals surface area (Å²) in [5.74, 6) is 1.02. The molecular formula is C29H26N8. The summed E-state index contributed by atoms with van der Waals surface area (Å²) in [5, 5.41) is 5.63. The summed E-state index contributed by atoms with van der Waals surface area (Å²) in [7, 11) is 2.17. The standard InChI is InChI=1S/C29H26N8/c1-35-9-11-36(12-10-35)28-15-20(4-7-31-28)23-13-24-25(18-33-29(24)32-17-23)21-5-8-37-27(14-21)26(19-34-37)22-3-2-6-30-16-22/h2-8,13-19H,9-12H2,1H3,(H,32,33). The lowest BCUT2D eigenvalue weighted by Gasteiger charge is -2.33. The highest BCUT2D eigenvalue weighted by atomic mass is 15.3. The maximum atomic E-state index is 4.75. The van der Waals surface area contributed by atoms with Gasteiger partial charge in [0, 0.05) is 91.0 Å². The van der Waals surface area contributed by atoms with E-state index in [4.69, 9.17) is 4.98 Å². The van der Waals surface area contributed by atoms with E-state index >= 15 is 0 Å². The maximum Gasteiger partial charge on any atom is 0.137 e. The second-order valence-corrected chi connectivity index (χ2v) is 9.56. The highest BCUT2D eigenvalue weighted by Crippen LogP contribution is 2.34. The van der Waals surface area contributed by atoms with E-state index in [1.54, 1.807) is 6.20 Å². The zero-order chi connectivity index (χ0) is 24.8. The number of nitrogens with one attached hydrogen (secondary N) is 1. The van der Waals surface area contributed by atoms with Gasteiger partial charge in [-0.2, -0.15) is 5.10 Å². The van der Waals surface area contributed by atoms with Gasteiger partial charge in [-0.3, -0.25) is 4.98 Å². The maximum absolute atomic E-state index is 4.75. The molecule has 0 aromatic carbocycles. The van der Waals surface area contributed by atoms with Gasteiger partial charge >= 0.3 is 0 Å². The number of piperazine rings is 1. The van der Waals surface area contributed by atoms with Crippen LogP contribution in [0.15, 0.2) is 85.8 Å². The number of nitrogens with zero attached hydrogens (tertiary/aromatic N) is 7. The van der Waals surface area contributed by atoms with E-state index in [0.717, 1.165) is 81.9 Å². The molecule has 8 nitrogen and oxygen atoms in total. The Morgan fingerprint density at radius 1 is 0.784 bits per heavy atom. The summed E-state index contributed by atoms with van der Waals surface area (Å²) in [6.07, 6.45) is 13.4. The van der Waals surface area contributed by atoms with Crippen LogP contribution >= 0.6 is 0 Å². The van der Waals surface area contributed by atoms with Gasteiger partial charge in [0.2, 0.25) is 0 Å². The second-order valence-electron chi connectivity index (χ2n) is 9.56. The Kier molecular flexibility index (Phi) is 5.18. The Morgan fingerprint density at radius 2 is 1.70 bits per heavy atom. The van der Waals surface area contributed by atoms with Crippen molar-refractivity contribution >= 4 is 22.4 Å². The van der Waals surface area contributed by atoms with E-state index in [-0.39, 0.29) is 0 Å². The molecule has 1 fully saturated rings. The van der Waals surface area contributed by atoms with Crippen molar-refractivity contribution in [1.29, 1.82) is 0 Å². The first-order chi connectivity index (χ1) is 18.2. The largest absolute Gasteiger partial charge is 0.354 e. The number of H-pyrrole nitrogens is 1. The zero-order valence-corrected chi connectivity index (χ0v) is 20.5. The van der Waals surface area contributed by atoms with Gasteiger partial charge in [-0.1, -0.05) is 6.07 Å². The van der Waals surface area contributed by atoms with Crippen molar-refractivity contribution in [2.24, 2.45) is 0 Å². The number of pyridine rings is 4. The van der Waals surface area contributed by atoms with E-state index in [1.807, 2.05) is 47.8 Å². The third kappa shape index (κ3) is 3.91. The molecular weight excluding hydrogens is 460 g/mol. The molecule has 0 aliphatic carbocycles. The summed E-state index contributed by atoms with van der Waals surface area (Å²) in [6, 6.07) is 14.8. The summed E-state index contributed by atoms with van der Waals surface area (Å²) in [5.41, 5.74) is 8.42. The average Bonchev–Trinajstić information content (AvgIpc) is 3.57. The van der Waals surface area contributed by atoms with Crippen LogP contribution < -0.4 is 4.90 Å². The Morgan fingerprint density at radius 3 is 2.57 bits per heavy atom. The monoisotopic (exact) mass is 486 g/mol. The predicted molar refractivity (Wildman–Crippen MR) is 146 cm³/mol. The summed E-state index contributed by atoms with van der Waals surface area (Å²) >= 11 is 0. The van der Waals surface area contributed by atoms with Gasteiger partial charge in [-0.05, 0) is 54.6 Å². The van der Waals surface area contributed by atoms with Crippen LogP contribution in [0.1, 0.15) is 0 Å². The van der Waals surface area contributed by atoms with Gasteiger partial charge in [0.05, 0.1) is 11.7 Å². The third-order valence-corrected chi connectivity index (χ3v) is 7.24. The zero-order valence-electron chi connectivity index (χ0n) is 20.5. The van der Waals surface area contributed by atoms with E-state index in [0.29, 0.717) is 0 Å². The molecule has 182 valence electrons. The summed E-state index contributed by atoms with van der Waals surface area (Å²) in [4.78, 5) is 21.8. The van der Waals surface area contributed by atoms with Gasteiger partial charge in [0.25, 0.3) is 0 Å². The molecule has 0 amide bonds. The van der Waals surface area contributed by atoms with Crippen molar-refractivity contribution in [2.75, 3.05) is 38.1 Å². The van der Waals surface area contributed by atoms with E-state index in [2.05, 4.69) is 73.3 Å². The van der Waals surface area contributed by atoms with Crippen molar-refractivity contribution in [2.45, 2.75) is 0 Å². The molecule has 0 radical (unpaired) electrons. The number of likely N-dealkylation sites (N-methyl/N-ethyl adjacent to an activating group) is 1. The lowest BCUT2D eigenvalue weighted by molar-refractivity contribution is 0.312. The Hall–Kier alpha value is -4.56. The number of aromatic amines is 1. The molecule has 8 heteroatoms. The van der Waals surface area contributed by atoms with Gasteiger partial charge in [-0.15, -0.1) is 0 Å². The minimum Gasteiger partial charge on any atom is -0.354 e. The average molecular weight is 487 g/mol.